The Morgan fingerprint density at radius 2 is 1.86 bits per heavy atom. The fourth-order valence-corrected chi connectivity index (χ4v) is 3.77. The first-order chi connectivity index (χ1) is 10.6. The molecule has 2 unspecified atom stereocenters. The smallest absolute Gasteiger partial charge is 0.328 e. The second-order valence-corrected chi connectivity index (χ2v) is 6.06. The van der Waals surface area contributed by atoms with Crippen LogP contribution in [0, 0.1) is 0 Å². The molecule has 2 fully saturated rings. The Morgan fingerprint density at radius 3 is 2.55 bits per heavy atom. The molecular weight excluding hydrogens is 282 g/mol. The predicted molar refractivity (Wildman–Crippen MR) is 80.1 cm³/mol. The van der Waals surface area contributed by atoms with E-state index in [1.54, 1.807) is 4.90 Å². The van der Waals surface area contributed by atoms with Gasteiger partial charge >= 0.3 is 5.97 Å². The molecule has 2 heterocycles. The molecule has 2 aliphatic rings. The van der Waals surface area contributed by atoms with Gasteiger partial charge in [0.05, 0.1) is 7.11 Å². The van der Waals surface area contributed by atoms with Crippen LogP contribution in [0.5, 0.6) is 0 Å². The molecule has 5 nitrogen and oxygen atoms in total. The van der Waals surface area contributed by atoms with E-state index in [0.29, 0.717) is 6.42 Å². The third-order valence-electron chi connectivity index (χ3n) is 4.90. The number of rotatable bonds is 2. The van der Waals surface area contributed by atoms with E-state index >= 15 is 0 Å². The standard InChI is InChI=1S/C17H21NO4/c1-22-17(21)14-10-8-12-7-9-13(11-5-3-2-4-6-11)15(19)16(20)18(12)14/h2-6,12-15,19H,7-10H2,1H3/t12-,13?,14-,15?/m0/s1. The van der Waals surface area contributed by atoms with Crippen molar-refractivity contribution >= 4 is 11.9 Å². The minimum Gasteiger partial charge on any atom is -0.467 e. The van der Waals surface area contributed by atoms with Gasteiger partial charge < -0.3 is 14.7 Å². The summed E-state index contributed by atoms with van der Waals surface area (Å²) < 4.78 is 4.80. The van der Waals surface area contributed by atoms with Gasteiger partial charge in [-0.25, -0.2) is 4.79 Å². The second-order valence-electron chi connectivity index (χ2n) is 6.06. The predicted octanol–water partition coefficient (Wildman–Crippen LogP) is 1.46. The molecule has 0 radical (unpaired) electrons. The van der Waals surface area contributed by atoms with E-state index in [4.69, 9.17) is 4.74 Å². The molecule has 2 saturated heterocycles. The zero-order chi connectivity index (χ0) is 15.7. The highest BCUT2D eigenvalue weighted by molar-refractivity contribution is 5.88. The molecule has 118 valence electrons. The van der Waals surface area contributed by atoms with Crippen LogP contribution >= 0.6 is 0 Å². The molecule has 5 heteroatoms. The fourth-order valence-electron chi connectivity index (χ4n) is 3.77. The number of aliphatic hydroxyl groups is 1. The molecule has 2 aliphatic heterocycles. The topological polar surface area (TPSA) is 66.8 Å². The van der Waals surface area contributed by atoms with Gasteiger partial charge in [-0.1, -0.05) is 30.3 Å². The first-order valence-electron chi connectivity index (χ1n) is 7.76. The average Bonchev–Trinajstić information content (AvgIpc) is 2.93. The number of fused-ring (bicyclic) bond motifs is 1. The lowest BCUT2D eigenvalue weighted by Gasteiger charge is -2.29. The third kappa shape index (κ3) is 2.50. The Morgan fingerprint density at radius 1 is 1.18 bits per heavy atom. The number of benzene rings is 1. The van der Waals surface area contributed by atoms with E-state index in [-0.39, 0.29) is 23.8 Å². The summed E-state index contributed by atoms with van der Waals surface area (Å²) in [6, 6.07) is 9.10. The lowest BCUT2D eigenvalue weighted by Crippen LogP contribution is -2.48. The van der Waals surface area contributed by atoms with Crippen molar-refractivity contribution in [3.8, 4) is 0 Å². The number of ether oxygens (including phenoxy) is 1. The number of nitrogens with zero attached hydrogens (tertiary/aromatic N) is 1. The van der Waals surface area contributed by atoms with Crippen LogP contribution in [0.3, 0.4) is 0 Å². The summed E-state index contributed by atoms with van der Waals surface area (Å²) in [6.07, 6.45) is 1.85. The van der Waals surface area contributed by atoms with E-state index in [1.165, 1.54) is 7.11 Å². The lowest BCUT2D eigenvalue weighted by molar-refractivity contribution is -0.155. The molecule has 0 saturated carbocycles. The highest BCUT2D eigenvalue weighted by atomic mass is 16.5. The average molecular weight is 303 g/mol. The molecular formula is C17H21NO4. The number of esters is 1. The van der Waals surface area contributed by atoms with Gasteiger partial charge in [-0.15, -0.1) is 0 Å². The van der Waals surface area contributed by atoms with Crippen molar-refractivity contribution in [3.63, 3.8) is 0 Å². The van der Waals surface area contributed by atoms with Crippen LogP contribution in [-0.4, -0.2) is 47.2 Å². The van der Waals surface area contributed by atoms with Gasteiger partial charge in [0.25, 0.3) is 5.91 Å². The Kier molecular flexibility index (Phi) is 4.16. The van der Waals surface area contributed by atoms with Gasteiger partial charge in [0.1, 0.15) is 12.1 Å². The number of hydrogen-bond acceptors (Lipinski definition) is 4. The fraction of sp³-hybridized carbons (Fsp3) is 0.529. The molecule has 0 aliphatic carbocycles. The van der Waals surface area contributed by atoms with Crippen molar-refractivity contribution in [2.45, 2.75) is 49.8 Å². The van der Waals surface area contributed by atoms with Gasteiger partial charge in [-0.2, -0.15) is 0 Å². The Hall–Kier alpha value is -1.88. The molecule has 0 bridgehead atoms. The lowest BCUT2D eigenvalue weighted by atomic mass is 9.88. The van der Waals surface area contributed by atoms with Gasteiger partial charge in [-0.3, -0.25) is 4.79 Å². The molecule has 4 atom stereocenters. The second kappa shape index (κ2) is 6.08. The molecule has 1 amide bonds. The van der Waals surface area contributed by atoms with Gasteiger partial charge in [0.15, 0.2) is 0 Å². The molecule has 22 heavy (non-hydrogen) atoms. The van der Waals surface area contributed by atoms with Gasteiger partial charge in [0.2, 0.25) is 0 Å². The molecule has 1 N–H and O–H groups in total. The zero-order valence-corrected chi connectivity index (χ0v) is 12.6. The number of hydrogen-bond donors (Lipinski definition) is 1. The highest BCUT2D eigenvalue weighted by Gasteiger charge is 2.47. The summed E-state index contributed by atoms with van der Waals surface area (Å²) in [7, 11) is 1.33. The van der Waals surface area contributed by atoms with Gasteiger partial charge in [0, 0.05) is 12.0 Å². The number of aliphatic hydroxyl groups excluding tert-OH is 1. The maximum atomic E-state index is 12.7. The van der Waals surface area contributed by atoms with E-state index < -0.39 is 12.1 Å². The first kappa shape index (κ1) is 15.0. The summed E-state index contributed by atoms with van der Waals surface area (Å²) >= 11 is 0. The maximum Gasteiger partial charge on any atom is 0.328 e. The van der Waals surface area contributed by atoms with Crippen LogP contribution in [0.25, 0.3) is 0 Å². The van der Waals surface area contributed by atoms with Crippen molar-refractivity contribution in [1.29, 1.82) is 0 Å². The highest BCUT2D eigenvalue weighted by Crippen LogP contribution is 2.37. The van der Waals surface area contributed by atoms with Gasteiger partial charge in [-0.05, 0) is 31.2 Å². The normalized spacial score (nSPS) is 31.5. The summed E-state index contributed by atoms with van der Waals surface area (Å²) in [6.45, 7) is 0. The van der Waals surface area contributed by atoms with Crippen LogP contribution in [0.15, 0.2) is 30.3 Å². The molecule has 3 rings (SSSR count). The largest absolute Gasteiger partial charge is 0.467 e. The van der Waals surface area contributed by atoms with E-state index in [2.05, 4.69) is 0 Å². The van der Waals surface area contributed by atoms with Crippen molar-refractivity contribution in [1.82, 2.24) is 4.90 Å². The molecule has 1 aromatic carbocycles. The summed E-state index contributed by atoms with van der Waals surface area (Å²) in [4.78, 5) is 26.2. The van der Waals surface area contributed by atoms with Crippen LogP contribution < -0.4 is 0 Å². The van der Waals surface area contributed by atoms with E-state index in [0.717, 1.165) is 24.8 Å². The number of carbonyl (C=O) groups excluding carboxylic acids is 2. The number of carbonyl (C=O) groups is 2. The summed E-state index contributed by atoms with van der Waals surface area (Å²) in [5.41, 5.74) is 0.971. The van der Waals surface area contributed by atoms with Crippen molar-refractivity contribution in [2.24, 2.45) is 0 Å². The Labute approximate surface area is 129 Å². The van der Waals surface area contributed by atoms with Crippen LogP contribution in [0.2, 0.25) is 0 Å². The SMILES string of the molecule is COC(=O)[C@@H]1CC[C@@H]2CCC(c3ccccc3)C(O)C(=O)N21. The minimum atomic E-state index is -1.10. The molecule has 0 spiro atoms. The Balaban J connectivity index is 1.87. The van der Waals surface area contributed by atoms with Crippen molar-refractivity contribution in [2.75, 3.05) is 7.11 Å². The van der Waals surface area contributed by atoms with Crippen LogP contribution in [0.4, 0.5) is 0 Å². The summed E-state index contributed by atoms with van der Waals surface area (Å²) in [5, 5.41) is 10.5. The monoisotopic (exact) mass is 303 g/mol. The van der Waals surface area contributed by atoms with Crippen molar-refractivity contribution in [3.05, 3.63) is 35.9 Å². The summed E-state index contributed by atoms with van der Waals surface area (Å²) in [5.74, 6) is -0.942. The zero-order valence-electron chi connectivity index (χ0n) is 12.6. The maximum absolute atomic E-state index is 12.7. The van der Waals surface area contributed by atoms with E-state index in [9.17, 15) is 14.7 Å². The number of amides is 1. The van der Waals surface area contributed by atoms with E-state index in [1.807, 2.05) is 30.3 Å². The van der Waals surface area contributed by atoms with Crippen molar-refractivity contribution < 1.29 is 19.4 Å². The third-order valence-corrected chi connectivity index (χ3v) is 4.90. The Bertz CT molecular complexity index is 559. The van der Waals surface area contributed by atoms with Crippen LogP contribution in [0.1, 0.15) is 37.2 Å². The number of methoxy groups -OCH3 is 1. The first-order valence-corrected chi connectivity index (χ1v) is 7.76. The minimum absolute atomic E-state index is 0.0277. The molecule has 1 aromatic rings. The molecule has 0 aromatic heterocycles. The van der Waals surface area contributed by atoms with Crippen LogP contribution in [-0.2, 0) is 14.3 Å². The quantitative estimate of drug-likeness (QED) is 0.840.